The van der Waals surface area contributed by atoms with Crippen molar-refractivity contribution in [3.63, 3.8) is 0 Å². The molecule has 64 valence electrons. The third kappa shape index (κ3) is 1.90. The second-order valence-electron chi connectivity index (χ2n) is 2.31. The fourth-order valence-electron chi connectivity index (χ4n) is 0.854. The summed E-state index contributed by atoms with van der Waals surface area (Å²) in [5.41, 5.74) is 5.70. The van der Waals surface area contributed by atoms with Crippen LogP contribution in [0.3, 0.4) is 0 Å². The molecule has 5 heteroatoms. The Hall–Kier alpha value is -1.20. The summed E-state index contributed by atoms with van der Waals surface area (Å²) in [6, 6.07) is 3.81. The molecule has 0 aromatic heterocycles. The number of rotatable bonds is 2. The standard InChI is InChI=1S/C7H10BNO3/c1-12-7-3-5(8(10)11)2-6(9)4-7/h2-4,10-11H,9H2,1H3/i1D3. The summed E-state index contributed by atoms with van der Waals surface area (Å²) in [5.74, 6) is -0.0295. The van der Waals surface area contributed by atoms with E-state index in [9.17, 15) is 0 Å². The first-order chi connectivity index (χ1) is 6.78. The van der Waals surface area contributed by atoms with Gasteiger partial charge in [-0.2, -0.15) is 0 Å². The zero-order valence-electron chi connectivity index (χ0n) is 9.19. The fraction of sp³-hybridized carbons (Fsp3) is 0.143. The van der Waals surface area contributed by atoms with Gasteiger partial charge in [-0.05, 0) is 17.6 Å². The lowest BCUT2D eigenvalue weighted by atomic mass is 9.80. The van der Waals surface area contributed by atoms with Crippen LogP contribution >= 0.6 is 0 Å². The van der Waals surface area contributed by atoms with Crippen molar-refractivity contribution in [2.45, 2.75) is 0 Å². The third-order valence-electron chi connectivity index (χ3n) is 1.37. The molecule has 1 aromatic carbocycles. The molecule has 1 aromatic rings. The first-order valence-corrected chi connectivity index (χ1v) is 3.23. The zero-order valence-corrected chi connectivity index (χ0v) is 6.19. The topological polar surface area (TPSA) is 75.7 Å². The van der Waals surface area contributed by atoms with Gasteiger partial charge in [-0.1, -0.05) is 0 Å². The molecule has 0 radical (unpaired) electrons. The van der Waals surface area contributed by atoms with Crippen molar-refractivity contribution in [1.82, 2.24) is 0 Å². The Labute approximate surface area is 74.9 Å². The minimum Gasteiger partial charge on any atom is -0.497 e. The smallest absolute Gasteiger partial charge is 0.488 e. The van der Waals surface area contributed by atoms with Crippen LogP contribution in [0.25, 0.3) is 0 Å². The number of nitrogen functional groups attached to an aromatic ring is 1. The van der Waals surface area contributed by atoms with Gasteiger partial charge in [0.25, 0.3) is 0 Å². The Morgan fingerprint density at radius 3 is 2.83 bits per heavy atom. The maximum Gasteiger partial charge on any atom is 0.488 e. The van der Waals surface area contributed by atoms with E-state index in [0.29, 0.717) is 0 Å². The van der Waals surface area contributed by atoms with E-state index in [-0.39, 0.29) is 16.9 Å². The van der Waals surface area contributed by atoms with E-state index in [1.54, 1.807) is 0 Å². The Bertz CT molecular complexity index is 356. The lowest BCUT2D eigenvalue weighted by Gasteiger charge is -2.04. The van der Waals surface area contributed by atoms with E-state index < -0.39 is 14.2 Å². The normalized spacial score (nSPS) is 14.3. The van der Waals surface area contributed by atoms with Crippen LogP contribution in [0.4, 0.5) is 5.69 Å². The maximum atomic E-state index is 8.87. The number of benzene rings is 1. The summed E-state index contributed by atoms with van der Waals surface area (Å²) >= 11 is 0. The summed E-state index contributed by atoms with van der Waals surface area (Å²) in [5, 5.41) is 17.7. The molecule has 0 atom stereocenters. The van der Waals surface area contributed by atoms with Crippen LogP contribution in [0.2, 0.25) is 0 Å². The minimum absolute atomic E-state index is 0.0295. The number of ether oxygens (including phenoxy) is 1. The van der Waals surface area contributed by atoms with Gasteiger partial charge in [-0.25, -0.2) is 0 Å². The van der Waals surface area contributed by atoms with E-state index in [2.05, 4.69) is 4.74 Å². The highest BCUT2D eigenvalue weighted by Crippen LogP contribution is 2.12. The van der Waals surface area contributed by atoms with Gasteiger partial charge in [0.1, 0.15) is 5.75 Å². The first kappa shape index (κ1) is 5.45. The van der Waals surface area contributed by atoms with Gasteiger partial charge in [0.05, 0.1) is 11.2 Å². The minimum atomic E-state index is -2.59. The van der Waals surface area contributed by atoms with Crippen molar-refractivity contribution < 1.29 is 18.9 Å². The number of hydrogen-bond acceptors (Lipinski definition) is 4. The van der Waals surface area contributed by atoms with E-state index in [1.165, 1.54) is 18.2 Å². The van der Waals surface area contributed by atoms with E-state index in [4.69, 9.17) is 19.9 Å². The molecular formula is C7H10BNO3. The summed E-state index contributed by atoms with van der Waals surface area (Å²) in [6.07, 6.45) is 0. The zero-order chi connectivity index (χ0) is 11.6. The highest BCUT2D eigenvalue weighted by atomic mass is 16.5. The van der Waals surface area contributed by atoms with Gasteiger partial charge >= 0.3 is 7.12 Å². The van der Waals surface area contributed by atoms with Crippen LogP contribution in [0.1, 0.15) is 4.11 Å². The second-order valence-corrected chi connectivity index (χ2v) is 2.31. The third-order valence-corrected chi connectivity index (χ3v) is 1.37. The molecule has 0 aliphatic heterocycles. The molecule has 0 fully saturated rings. The van der Waals surface area contributed by atoms with Crippen molar-refractivity contribution in [3.8, 4) is 5.75 Å². The van der Waals surface area contributed by atoms with E-state index in [0.717, 1.165) is 0 Å². The van der Waals surface area contributed by atoms with Crippen molar-refractivity contribution >= 4 is 18.3 Å². The summed E-state index contributed by atoms with van der Waals surface area (Å²) in [4.78, 5) is 0. The van der Waals surface area contributed by atoms with Gasteiger partial charge < -0.3 is 20.5 Å². The maximum absolute atomic E-state index is 8.87. The predicted octanol–water partition coefficient (Wildman–Crippen LogP) is -1.04. The van der Waals surface area contributed by atoms with Crippen molar-refractivity contribution in [1.29, 1.82) is 0 Å². The lowest BCUT2D eigenvalue weighted by molar-refractivity contribution is 0.412. The molecule has 0 spiro atoms. The Morgan fingerprint density at radius 2 is 2.25 bits per heavy atom. The Morgan fingerprint density at radius 1 is 1.50 bits per heavy atom. The van der Waals surface area contributed by atoms with E-state index in [1.807, 2.05) is 0 Å². The molecule has 0 heterocycles. The molecule has 0 saturated heterocycles. The highest BCUT2D eigenvalue weighted by Gasteiger charge is 2.12. The van der Waals surface area contributed by atoms with Crippen molar-refractivity contribution in [3.05, 3.63) is 18.2 Å². The predicted molar refractivity (Wildman–Crippen MR) is 47.2 cm³/mol. The van der Waals surface area contributed by atoms with E-state index >= 15 is 0 Å². The molecule has 4 nitrogen and oxygen atoms in total. The van der Waals surface area contributed by atoms with Crippen LogP contribution in [-0.4, -0.2) is 24.2 Å². The molecule has 4 N–H and O–H groups in total. The summed E-state index contributed by atoms with van der Waals surface area (Å²) in [6.45, 7) is 0. The van der Waals surface area contributed by atoms with Crippen LogP contribution in [0, 0.1) is 0 Å². The molecular weight excluding hydrogens is 157 g/mol. The Kier molecular flexibility index (Phi) is 1.58. The van der Waals surface area contributed by atoms with Gasteiger partial charge in [-0.3, -0.25) is 0 Å². The molecule has 0 amide bonds. The van der Waals surface area contributed by atoms with Gasteiger partial charge in [-0.15, -0.1) is 0 Å². The average Bonchev–Trinajstić information content (AvgIpc) is 1.99. The lowest BCUT2D eigenvalue weighted by Crippen LogP contribution is -2.30. The highest BCUT2D eigenvalue weighted by molar-refractivity contribution is 6.58. The summed E-state index contributed by atoms with van der Waals surface area (Å²) < 4.78 is 25.2. The first-order valence-electron chi connectivity index (χ1n) is 4.73. The van der Waals surface area contributed by atoms with Gasteiger partial charge in [0.15, 0.2) is 0 Å². The quantitative estimate of drug-likeness (QED) is 0.391. The number of hydrogen-bond donors (Lipinski definition) is 3. The number of anilines is 1. The average molecular weight is 170 g/mol. The molecule has 12 heavy (non-hydrogen) atoms. The number of nitrogens with two attached hydrogens (primary N) is 1. The van der Waals surface area contributed by atoms with Gasteiger partial charge in [0, 0.05) is 11.8 Å². The molecule has 0 bridgehead atoms. The van der Waals surface area contributed by atoms with Crippen molar-refractivity contribution in [2.24, 2.45) is 0 Å². The molecule has 0 aliphatic carbocycles. The molecule has 1 rings (SSSR count). The van der Waals surface area contributed by atoms with Crippen LogP contribution in [0.5, 0.6) is 5.75 Å². The molecule has 0 unspecified atom stereocenters. The number of methoxy groups -OCH3 is 1. The monoisotopic (exact) mass is 170 g/mol. The SMILES string of the molecule is [2H]C([2H])([2H])Oc1cc(N)cc(B(O)O)c1. The van der Waals surface area contributed by atoms with Crippen LogP contribution < -0.4 is 15.9 Å². The van der Waals surface area contributed by atoms with Gasteiger partial charge in [0.2, 0.25) is 0 Å². The largest absolute Gasteiger partial charge is 0.497 e. The summed E-state index contributed by atoms with van der Waals surface area (Å²) in [7, 11) is -4.31. The van der Waals surface area contributed by atoms with Crippen LogP contribution in [0.15, 0.2) is 18.2 Å². The fourth-order valence-corrected chi connectivity index (χ4v) is 0.854. The second kappa shape index (κ2) is 3.47. The molecule has 0 saturated carbocycles. The Balaban J connectivity index is 2.99. The van der Waals surface area contributed by atoms with Crippen molar-refractivity contribution in [2.75, 3.05) is 12.8 Å². The van der Waals surface area contributed by atoms with Crippen LogP contribution in [-0.2, 0) is 0 Å². The molecule has 0 aliphatic rings.